The lowest BCUT2D eigenvalue weighted by Gasteiger charge is -1.88. The van der Waals surface area contributed by atoms with Gasteiger partial charge in [-0.2, -0.15) is 4.52 Å². The molecular formula is C5H5N5. The highest BCUT2D eigenvalue weighted by Gasteiger charge is 1.94. The highest BCUT2D eigenvalue weighted by molar-refractivity contribution is 5.23. The van der Waals surface area contributed by atoms with Crippen LogP contribution in [0.2, 0.25) is 0 Å². The van der Waals surface area contributed by atoms with Gasteiger partial charge in [0.05, 0.1) is 0 Å². The van der Waals surface area contributed by atoms with Crippen molar-refractivity contribution in [2.75, 3.05) is 0 Å². The van der Waals surface area contributed by atoms with Crippen LogP contribution in [-0.2, 0) is 0 Å². The summed E-state index contributed by atoms with van der Waals surface area (Å²) < 4.78 is 1.52. The fourth-order valence-electron chi connectivity index (χ4n) is 0.732. The van der Waals surface area contributed by atoms with Crippen molar-refractivity contribution >= 4 is 5.78 Å². The van der Waals surface area contributed by atoms with Crippen LogP contribution in [0.15, 0.2) is 12.3 Å². The fourth-order valence-corrected chi connectivity index (χ4v) is 0.732. The van der Waals surface area contributed by atoms with E-state index in [-0.39, 0.29) is 0 Å². The Morgan fingerprint density at radius 3 is 3.30 bits per heavy atom. The Hall–Kier alpha value is -1.52. The summed E-state index contributed by atoms with van der Waals surface area (Å²) in [5, 5.41) is 10.8. The van der Waals surface area contributed by atoms with Gasteiger partial charge in [0.1, 0.15) is 0 Å². The molecule has 0 saturated heterocycles. The van der Waals surface area contributed by atoms with Gasteiger partial charge in [0.15, 0.2) is 0 Å². The second-order valence-electron chi connectivity index (χ2n) is 1.99. The summed E-state index contributed by atoms with van der Waals surface area (Å²) in [4.78, 5) is 4.06. The summed E-state index contributed by atoms with van der Waals surface area (Å²) in [6, 6.07) is 1.85. The predicted octanol–water partition coefficient (Wildman–Crippen LogP) is -0.172. The first kappa shape index (κ1) is 5.28. The van der Waals surface area contributed by atoms with Crippen molar-refractivity contribution in [1.29, 1.82) is 0 Å². The van der Waals surface area contributed by atoms with Crippen LogP contribution in [0.25, 0.3) is 5.78 Å². The zero-order chi connectivity index (χ0) is 6.97. The van der Waals surface area contributed by atoms with Gasteiger partial charge in [0.2, 0.25) is 0 Å². The van der Waals surface area contributed by atoms with Crippen molar-refractivity contribution in [1.82, 2.24) is 25.0 Å². The minimum Gasteiger partial charge on any atom is -0.215 e. The van der Waals surface area contributed by atoms with Crippen LogP contribution in [0, 0.1) is 6.92 Å². The first-order chi connectivity index (χ1) is 4.86. The molecule has 5 nitrogen and oxygen atoms in total. The fraction of sp³-hybridized carbons (Fsp3) is 0.200. The zero-order valence-electron chi connectivity index (χ0n) is 5.39. The average Bonchev–Trinajstić information content (AvgIpc) is 2.33. The normalized spacial score (nSPS) is 10.5. The molecule has 0 atom stereocenters. The molecule has 0 bridgehead atoms. The van der Waals surface area contributed by atoms with E-state index in [1.807, 2.05) is 13.0 Å². The van der Waals surface area contributed by atoms with Crippen molar-refractivity contribution in [3.8, 4) is 0 Å². The molecule has 0 fully saturated rings. The Bertz CT molecular complexity index is 352. The highest BCUT2D eigenvalue weighted by Crippen LogP contribution is 1.93. The quantitative estimate of drug-likeness (QED) is 0.503. The maximum Gasteiger partial charge on any atom is 0.273 e. The number of hydrogen-bond donors (Lipinski definition) is 0. The molecule has 0 spiro atoms. The van der Waals surface area contributed by atoms with E-state index in [4.69, 9.17) is 0 Å². The van der Waals surface area contributed by atoms with Gasteiger partial charge in [-0.1, -0.05) is 5.10 Å². The molecule has 0 unspecified atom stereocenters. The lowest BCUT2D eigenvalue weighted by Crippen LogP contribution is -1.90. The number of hydrogen-bond acceptors (Lipinski definition) is 4. The van der Waals surface area contributed by atoms with E-state index < -0.39 is 0 Å². The van der Waals surface area contributed by atoms with Crippen LogP contribution in [-0.4, -0.2) is 25.0 Å². The maximum absolute atomic E-state index is 4.06. The summed E-state index contributed by atoms with van der Waals surface area (Å²) in [5.74, 6) is 0.542. The minimum absolute atomic E-state index is 0.542. The van der Waals surface area contributed by atoms with Crippen molar-refractivity contribution in [2.24, 2.45) is 0 Å². The Morgan fingerprint density at radius 2 is 2.40 bits per heavy atom. The Labute approximate surface area is 56.7 Å². The standard InChI is InChI=1S/C5H5N5/c1-4-2-3-10-5(6-4)7-8-9-10/h2-3H,1H3. The maximum atomic E-state index is 4.06. The van der Waals surface area contributed by atoms with E-state index in [2.05, 4.69) is 20.5 Å². The molecule has 50 valence electrons. The number of aromatic nitrogens is 5. The molecule has 0 amide bonds. The third-order valence-electron chi connectivity index (χ3n) is 1.21. The SMILES string of the molecule is Cc1ccn2nnnc2n1. The molecule has 0 saturated carbocycles. The molecule has 0 aliphatic heterocycles. The summed E-state index contributed by atoms with van der Waals surface area (Å²) >= 11 is 0. The van der Waals surface area contributed by atoms with Gasteiger partial charge in [-0.3, -0.25) is 0 Å². The molecule has 0 radical (unpaired) electrons. The van der Waals surface area contributed by atoms with Gasteiger partial charge in [0.25, 0.3) is 5.78 Å². The average molecular weight is 135 g/mol. The van der Waals surface area contributed by atoms with E-state index in [9.17, 15) is 0 Å². The van der Waals surface area contributed by atoms with Crippen LogP contribution in [0.4, 0.5) is 0 Å². The highest BCUT2D eigenvalue weighted by atomic mass is 15.5. The lowest BCUT2D eigenvalue weighted by atomic mass is 10.5. The molecule has 2 heterocycles. The molecule has 5 heteroatoms. The number of rotatable bonds is 0. The first-order valence-electron chi connectivity index (χ1n) is 2.87. The van der Waals surface area contributed by atoms with E-state index in [0.29, 0.717) is 5.78 Å². The summed E-state index contributed by atoms with van der Waals surface area (Å²) in [6.07, 6.45) is 1.78. The van der Waals surface area contributed by atoms with Gasteiger partial charge in [-0.25, -0.2) is 4.98 Å². The second kappa shape index (κ2) is 1.73. The number of nitrogens with zero attached hydrogens (tertiary/aromatic N) is 5. The number of aryl methyl sites for hydroxylation is 1. The zero-order valence-corrected chi connectivity index (χ0v) is 5.39. The van der Waals surface area contributed by atoms with Gasteiger partial charge in [-0.05, 0) is 23.4 Å². The van der Waals surface area contributed by atoms with Crippen molar-refractivity contribution in [2.45, 2.75) is 6.92 Å². The topological polar surface area (TPSA) is 56.0 Å². The molecular weight excluding hydrogens is 130 g/mol. The van der Waals surface area contributed by atoms with E-state index in [1.54, 1.807) is 6.20 Å². The third kappa shape index (κ3) is 0.637. The predicted molar refractivity (Wildman–Crippen MR) is 33.3 cm³/mol. The minimum atomic E-state index is 0.542. The monoisotopic (exact) mass is 135 g/mol. The van der Waals surface area contributed by atoms with E-state index in [0.717, 1.165) is 5.69 Å². The second-order valence-corrected chi connectivity index (χ2v) is 1.99. The smallest absolute Gasteiger partial charge is 0.215 e. The molecule has 0 aliphatic rings. The van der Waals surface area contributed by atoms with Gasteiger partial charge >= 0.3 is 0 Å². The largest absolute Gasteiger partial charge is 0.273 e. The number of tetrazole rings is 1. The van der Waals surface area contributed by atoms with Crippen LogP contribution >= 0.6 is 0 Å². The molecule has 2 aromatic heterocycles. The van der Waals surface area contributed by atoms with Gasteiger partial charge in [0, 0.05) is 11.9 Å². The third-order valence-corrected chi connectivity index (χ3v) is 1.21. The molecule has 2 aromatic rings. The molecule has 10 heavy (non-hydrogen) atoms. The summed E-state index contributed by atoms with van der Waals surface area (Å²) in [6.45, 7) is 1.90. The van der Waals surface area contributed by atoms with Crippen molar-refractivity contribution < 1.29 is 0 Å². The Morgan fingerprint density at radius 1 is 1.50 bits per heavy atom. The Kier molecular flexibility index (Phi) is 0.913. The van der Waals surface area contributed by atoms with Crippen molar-refractivity contribution in [3.05, 3.63) is 18.0 Å². The molecule has 0 aliphatic carbocycles. The lowest BCUT2D eigenvalue weighted by molar-refractivity contribution is 0.819. The molecule has 0 N–H and O–H groups in total. The molecule has 2 rings (SSSR count). The van der Waals surface area contributed by atoms with Crippen LogP contribution in [0.5, 0.6) is 0 Å². The van der Waals surface area contributed by atoms with Gasteiger partial charge in [-0.15, -0.1) is 0 Å². The first-order valence-corrected chi connectivity index (χ1v) is 2.87. The van der Waals surface area contributed by atoms with Crippen molar-refractivity contribution in [3.63, 3.8) is 0 Å². The number of fused-ring (bicyclic) bond motifs is 1. The van der Waals surface area contributed by atoms with Crippen LogP contribution in [0.1, 0.15) is 5.69 Å². The summed E-state index contributed by atoms with van der Waals surface area (Å²) in [7, 11) is 0. The van der Waals surface area contributed by atoms with Gasteiger partial charge < -0.3 is 0 Å². The Balaban J connectivity index is 2.86. The molecule has 0 aromatic carbocycles. The van der Waals surface area contributed by atoms with E-state index >= 15 is 0 Å². The summed E-state index contributed by atoms with van der Waals surface area (Å²) in [5.41, 5.74) is 0.919. The van der Waals surface area contributed by atoms with Crippen LogP contribution in [0.3, 0.4) is 0 Å². The van der Waals surface area contributed by atoms with Crippen LogP contribution < -0.4 is 0 Å². The van der Waals surface area contributed by atoms with E-state index in [1.165, 1.54) is 4.52 Å².